The monoisotopic (exact) mass is 413 g/mol. The summed E-state index contributed by atoms with van der Waals surface area (Å²) in [6, 6.07) is 16.6. The number of aromatic nitrogens is 3. The molecule has 8 heteroatoms. The van der Waals surface area contributed by atoms with Crippen LogP contribution in [0.5, 0.6) is 0 Å². The molecule has 0 atom stereocenters. The van der Waals surface area contributed by atoms with Gasteiger partial charge in [0, 0.05) is 17.4 Å². The van der Waals surface area contributed by atoms with Crippen LogP contribution < -0.4 is 0 Å². The molecule has 0 bridgehead atoms. The molecule has 142 valence electrons. The number of hydrogen-bond acceptors (Lipinski definition) is 5. The van der Waals surface area contributed by atoms with E-state index in [9.17, 15) is 12.8 Å². The standard InChI is InChI=1S/C20H16FN3O2S2/c1-27-18-12-11-17-19(13-5-9-16(10-6-13)28(2,25)26)20(23-24(17)22-18)14-3-7-15(21)8-4-14/h3-12H,1-2H3. The fourth-order valence-corrected chi connectivity index (χ4v) is 3.99. The Bertz CT molecular complexity index is 1270. The van der Waals surface area contributed by atoms with Crippen molar-refractivity contribution in [1.29, 1.82) is 0 Å². The number of nitrogens with zero attached hydrogens (tertiary/aromatic N) is 3. The Labute approximate surface area is 166 Å². The van der Waals surface area contributed by atoms with E-state index in [0.717, 1.165) is 27.2 Å². The molecule has 0 saturated carbocycles. The van der Waals surface area contributed by atoms with Gasteiger partial charge in [0.15, 0.2) is 9.84 Å². The first-order valence-corrected chi connectivity index (χ1v) is 11.5. The van der Waals surface area contributed by atoms with Gasteiger partial charge in [-0.2, -0.15) is 0 Å². The second-order valence-corrected chi connectivity index (χ2v) is 9.12. The molecule has 28 heavy (non-hydrogen) atoms. The van der Waals surface area contributed by atoms with Crippen molar-refractivity contribution in [1.82, 2.24) is 14.8 Å². The third-order valence-electron chi connectivity index (χ3n) is 4.38. The Hall–Kier alpha value is -2.71. The zero-order valence-electron chi connectivity index (χ0n) is 15.1. The molecule has 0 radical (unpaired) electrons. The van der Waals surface area contributed by atoms with Crippen LogP contribution in [0.4, 0.5) is 4.39 Å². The number of halogens is 1. The number of rotatable bonds is 4. The summed E-state index contributed by atoms with van der Waals surface area (Å²) in [7, 11) is -3.28. The summed E-state index contributed by atoms with van der Waals surface area (Å²) in [6.07, 6.45) is 3.11. The predicted octanol–water partition coefficient (Wildman–Crippen LogP) is 4.33. The van der Waals surface area contributed by atoms with E-state index in [1.807, 2.05) is 18.4 Å². The molecule has 0 aliphatic heterocycles. The fourth-order valence-electron chi connectivity index (χ4n) is 3.00. The average molecular weight is 413 g/mol. The lowest BCUT2D eigenvalue weighted by atomic mass is 10.00. The molecule has 0 spiro atoms. The molecule has 0 unspecified atom stereocenters. The minimum absolute atomic E-state index is 0.249. The van der Waals surface area contributed by atoms with Gasteiger partial charge in [-0.05, 0) is 60.4 Å². The SMILES string of the molecule is CSc1ccc2c(-c3ccc(S(C)(=O)=O)cc3)c(-c3ccc(F)cc3)nn2n1. The van der Waals surface area contributed by atoms with Crippen LogP contribution in [0, 0.1) is 5.82 Å². The number of thioether (sulfide) groups is 1. The van der Waals surface area contributed by atoms with Crippen molar-refractivity contribution in [2.45, 2.75) is 9.92 Å². The highest BCUT2D eigenvalue weighted by atomic mass is 32.2. The van der Waals surface area contributed by atoms with Gasteiger partial charge in [-0.25, -0.2) is 12.8 Å². The molecule has 2 heterocycles. The van der Waals surface area contributed by atoms with E-state index in [1.54, 1.807) is 41.0 Å². The summed E-state index contributed by atoms with van der Waals surface area (Å²) in [4.78, 5) is 0.249. The molecule has 0 fully saturated rings. The maximum atomic E-state index is 13.4. The van der Waals surface area contributed by atoms with Gasteiger partial charge >= 0.3 is 0 Å². The van der Waals surface area contributed by atoms with Crippen LogP contribution in [0.1, 0.15) is 0 Å². The number of sulfone groups is 1. The lowest BCUT2D eigenvalue weighted by molar-refractivity contribution is 0.602. The van der Waals surface area contributed by atoms with E-state index in [2.05, 4.69) is 10.2 Å². The van der Waals surface area contributed by atoms with E-state index >= 15 is 0 Å². The van der Waals surface area contributed by atoms with Gasteiger partial charge in [0.05, 0.1) is 10.4 Å². The molecular weight excluding hydrogens is 397 g/mol. The molecule has 0 N–H and O–H groups in total. The summed E-state index contributed by atoms with van der Waals surface area (Å²) < 4.78 is 38.5. The third kappa shape index (κ3) is 3.41. The second kappa shape index (κ2) is 7.03. The van der Waals surface area contributed by atoms with E-state index < -0.39 is 9.84 Å². The van der Waals surface area contributed by atoms with Gasteiger partial charge in [-0.15, -0.1) is 26.6 Å². The van der Waals surface area contributed by atoms with Crippen molar-refractivity contribution in [2.75, 3.05) is 12.5 Å². The van der Waals surface area contributed by atoms with Crippen molar-refractivity contribution in [3.05, 3.63) is 66.5 Å². The first kappa shape index (κ1) is 18.6. The minimum atomic E-state index is -3.28. The summed E-state index contributed by atoms with van der Waals surface area (Å²) in [5, 5.41) is 9.94. The molecule has 5 nitrogen and oxygen atoms in total. The maximum Gasteiger partial charge on any atom is 0.175 e. The molecule has 0 aliphatic rings. The number of fused-ring (bicyclic) bond motifs is 1. The fraction of sp³-hybridized carbons (Fsp3) is 0.100. The Morgan fingerprint density at radius 2 is 1.54 bits per heavy atom. The highest BCUT2D eigenvalue weighted by molar-refractivity contribution is 7.98. The maximum absolute atomic E-state index is 13.4. The summed E-state index contributed by atoms with van der Waals surface area (Å²) in [6.45, 7) is 0. The van der Waals surface area contributed by atoms with Crippen LogP contribution in [-0.2, 0) is 9.84 Å². The molecule has 2 aromatic heterocycles. The van der Waals surface area contributed by atoms with Crippen LogP contribution in [-0.4, -0.2) is 35.8 Å². The Balaban J connectivity index is 1.97. The van der Waals surface area contributed by atoms with Gasteiger partial charge in [0.2, 0.25) is 0 Å². The van der Waals surface area contributed by atoms with E-state index in [1.165, 1.54) is 30.2 Å². The quantitative estimate of drug-likeness (QED) is 0.466. The minimum Gasteiger partial charge on any atom is -0.224 e. The predicted molar refractivity (Wildman–Crippen MR) is 109 cm³/mol. The van der Waals surface area contributed by atoms with Gasteiger partial charge in [0.25, 0.3) is 0 Å². The zero-order valence-corrected chi connectivity index (χ0v) is 16.8. The van der Waals surface area contributed by atoms with Crippen LogP contribution >= 0.6 is 11.8 Å². The zero-order chi connectivity index (χ0) is 19.9. The number of hydrogen-bond donors (Lipinski definition) is 0. The summed E-state index contributed by atoms with van der Waals surface area (Å²) in [5.74, 6) is -0.325. The third-order valence-corrected chi connectivity index (χ3v) is 6.14. The summed E-state index contributed by atoms with van der Waals surface area (Å²) in [5.41, 5.74) is 3.80. The van der Waals surface area contributed by atoms with Crippen LogP contribution in [0.15, 0.2) is 70.6 Å². The van der Waals surface area contributed by atoms with Gasteiger partial charge in [-0.1, -0.05) is 12.1 Å². The summed E-state index contributed by atoms with van der Waals surface area (Å²) >= 11 is 1.51. The molecule has 4 rings (SSSR count). The molecule has 2 aromatic carbocycles. The second-order valence-electron chi connectivity index (χ2n) is 6.28. The van der Waals surface area contributed by atoms with Crippen LogP contribution in [0.3, 0.4) is 0 Å². The van der Waals surface area contributed by atoms with Crippen molar-refractivity contribution >= 4 is 27.1 Å². The van der Waals surface area contributed by atoms with E-state index in [4.69, 9.17) is 0 Å². The first-order valence-electron chi connectivity index (χ1n) is 8.37. The highest BCUT2D eigenvalue weighted by Crippen LogP contribution is 2.35. The normalized spacial score (nSPS) is 11.8. The van der Waals surface area contributed by atoms with Gasteiger partial charge in [0.1, 0.15) is 16.5 Å². The molecule has 0 aliphatic carbocycles. The first-order chi connectivity index (χ1) is 13.4. The average Bonchev–Trinajstić information content (AvgIpc) is 3.06. The highest BCUT2D eigenvalue weighted by Gasteiger charge is 2.18. The smallest absolute Gasteiger partial charge is 0.175 e. The van der Waals surface area contributed by atoms with E-state index in [-0.39, 0.29) is 10.7 Å². The lowest BCUT2D eigenvalue weighted by Gasteiger charge is -2.05. The van der Waals surface area contributed by atoms with Crippen LogP contribution in [0.2, 0.25) is 0 Å². The van der Waals surface area contributed by atoms with Gasteiger partial charge in [-0.3, -0.25) is 0 Å². The lowest BCUT2D eigenvalue weighted by Crippen LogP contribution is -1.96. The Morgan fingerprint density at radius 3 is 2.14 bits per heavy atom. The Kier molecular flexibility index (Phi) is 4.68. The van der Waals surface area contributed by atoms with Gasteiger partial charge < -0.3 is 0 Å². The van der Waals surface area contributed by atoms with Crippen molar-refractivity contribution in [3.8, 4) is 22.4 Å². The van der Waals surface area contributed by atoms with Crippen molar-refractivity contribution in [2.24, 2.45) is 0 Å². The van der Waals surface area contributed by atoms with Crippen LogP contribution in [0.25, 0.3) is 27.9 Å². The molecule has 0 saturated heterocycles. The molecule has 4 aromatic rings. The molecular formula is C20H16FN3O2S2. The van der Waals surface area contributed by atoms with Crippen molar-refractivity contribution in [3.63, 3.8) is 0 Å². The van der Waals surface area contributed by atoms with Crippen molar-refractivity contribution < 1.29 is 12.8 Å². The Morgan fingerprint density at radius 1 is 0.893 bits per heavy atom. The van der Waals surface area contributed by atoms with E-state index in [0.29, 0.717) is 5.69 Å². The number of benzene rings is 2. The largest absolute Gasteiger partial charge is 0.224 e. The molecule has 0 amide bonds. The topological polar surface area (TPSA) is 64.3 Å².